The lowest BCUT2D eigenvalue weighted by Gasteiger charge is -2.37. The number of aromatic amines is 1. The number of aryl methyl sites for hydroxylation is 1. The number of rotatable bonds is 4. The van der Waals surface area contributed by atoms with E-state index in [-0.39, 0.29) is 6.09 Å². The molecule has 6 rings (SSSR count). The maximum Gasteiger partial charge on any atom is 0.410 e. The zero-order valence-corrected chi connectivity index (χ0v) is 20.4. The number of anilines is 2. The quantitative estimate of drug-likeness (QED) is 0.474. The van der Waals surface area contributed by atoms with E-state index in [9.17, 15) is 4.79 Å². The molecule has 2 aliphatic rings. The number of ether oxygens (including phenoxy) is 1. The van der Waals surface area contributed by atoms with E-state index in [0.717, 1.165) is 60.6 Å². The van der Waals surface area contributed by atoms with Gasteiger partial charge in [-0.05, 0) is 30.5 Å². The molecule has 0 spiro atoms. The Hall–Kier alpha value is -4.14. The second kappa shape index (κ2) is 9.49. The van der Waals surface area contributed by atoms with Crippen molar-refractivity contribution in [2.24, 2.45) is 0 Å². The SMILES string of the molecule is Cc1ccc2[nH]ncc2c1N1CCc2c(ncnc2N2CCN(C(=O)OCc3ccccc3)CC2)C1. The highest BCUT2D eigenvalue weighted by molar-refractivity contribution is 5.93. The molecule has 184 valence electrons. The fourth-order valence-corrected chi connectivity index (χ4v) is 5.24. The molecule has 0 bridgehead atoms. The van der Waals surface area contributed by atoms with Gasteiger partial charge in [0.25, 0.3) is 0 Å². The van der Waals surface area contributed by atoms with E-state index in [2.05, 4.69) is 49.0 Å². The van der Waals surface area contributed by atoms with Gasteiger partial charge in [0.2, 0.25) is 0 Å². The molecule has 4 heterocycles. The van der Waals surface area contributed by atoms with Gasteiger partial charge in [0.15, 0.2) is 0 Å². The van der Waals surface area contributed by atoms with Gasteiger partial charge in [-0.3, -0.25) is 5.10 Å². The van der Waals surface area contributed by atoms with Gasteiger partial charge in [0, 0.05) is 43.7 Å². The number of H-pyrrole nitrogens is 1. The molecule has 2 aliphatic heterocycles. The van der Waals surface area contributed by atoms with Gasteiger partial charge < -0.3 is 19.4 Å². The van der Waals surface area contributed by atoms with Crippen molar-refractivity contribution in [3.63, 3.8) is 0 Å². The van der Waals surface area contributed by atoms with Crippen LogP contribution >= 0.6 is 0 Å². The van der Waals surface area contributed by atoms with Crippen LogP contribution in [-0.4, -0.2) is 63.9 Å². The third-order valence-electron chi connectivity index (χ3n) is 7.14. The van der Waals surface area contributed by atoms with Gasteiger partial charge in [-0.15, -0.1) is 0 Å². The Balaban J connectivity index is 1.13. The first-order valence-electron chi connectivity index (χ1n) is 12.4. The van der Waals surface area contributed by atoms with E-state index in [1.807, 2.05) is 36.5 Å². The summed E-state index contributed by atoms with van der Waals surface area (Å²) in [6.07, 6.45) is 4.19. The second-order valence-corrected chi connectivity index (χ2v) is 9.37. The molecule has 9 heteroatoms. The number of piperazine rings is 1. The summed E-state index contributed by atoms with van der Waals surface area (Å²) in [6.45, 7) is 6.74. The van der Waals surface area contributed by atoms with Crippen molar-refractivity contribution in [2.75, 3.05) is 42.5 Å². The third kappa shape index (κ3) is 4.21. The molecule has 0 saturated carbocycles. The first-order chi connectivity index (χ1) is 17.7. The van der Waals surface area contributed by atoms with Crippen molar-refractivity contribution >= 4 is 28.5 Å². The summed E-state index contributed by atoms with van der Waals surface area (Å²) < 4.78 is 5.52. The Morgan fingerprint density at radius 2 is 1.83 bits per heavy atom. The van der Waals surface area contributed by atoms with E-state index >= 15 is 0 Å². The summed E-state index contributed by atoms with van der Waals surface area (Å²) in [4.78, 5) is 28.3. The summed E-state index contributed by atoms with van der Waals surface area (Å²) in [7, 11) is 0. The lowest BCUT2D eigenvalue weighted by atomic mass is 10.0. The van der Waals surface area contributed by atoms with Crippen molar-refractivity contribution in [3.05, 3.63) is 77.4 Å². The van der Waals surface area contributed by atoms with Gasteiger partial charge in [0.05, 0.1) is 29.6 Å². The summed E-state index contributed by atoms with van der Waals surface area (Å²) in [5.74, 6) is 0.996. The Bertz CT molecular complexity index is 1380. The third-order valence-corrected chi connectivity index (χ3v) is 7.14. The van der Waals surface area contributed by atoms with Crippen LogP contribution in [0.15, 0.2) is 55.0 Å². The zero-order chi connectivity index (χ0) is 24.5. The lowest BCUT2D eigenvalue weighted by Crippen LogP contribution is -2.49. The molecule has 1 N–H and O–H groups in total. The van der Waals surface area contributed by atoms with Gasteiger partial charge in [-0.1, -0.05) is 36.4 Å². The number of fused-ring (bicyclic) bond motifs is 2. The van der Waals surface area contributed by atoms with Gasteiger partial charge in [0.1, 0.15) is 18.8 Å². The minimum atomic E-state index is -0.261. The zero-order valence-electron chi connectivity index (χ0n) is 20.4. The number of amides is 1. The number of benzene rings is 2. The van der Waals surface area contributed by atoms with Crippen molar-refractivity contribution in [3.8, 4) is 0 Å². The number of nitrogens with zero attached hydrogens (tertiary/aromatic N) is 6. The van der Waals surface area contributed by atoms with E-state index in [4.69, 9.17) is 4.74 Å². The predicted octanol–water partition coefficient (Wildman–Crippen LogP) is 3.68. The molecule has 1 saturated heterocycles. The minimum Gasteiger partial charge on any atom is -0.445 e. The molecular formula is C27H29N7O2. The topological polar surface area (TPSA) is 90.5 Å². The second-order valence-electron chi connectivity index (χ2n) is 9.37. The van der Waals surface area contributed by atoms with Crippen LogP contribution < -0.4 is 9.80 Å². The van der Waals surface area contributed by atoms with Gasteiger partial charge in [-0.25, -0.2) is 14.8 Å². The van der Waals surface area contributed by atoms with Crippen LogP contribution in [-0.2, 0) is 24.3 Å². The van der Waals surface area contributed by atoms with Crippen LogP contribution in [0.5, 0.6) is 0 Å². The molecule has 1 amide bonds. The van der Waals surface area contributed by atoms with E-state index in [1.54, 1.807) is 11.2 Å². The molecule has 4 aromatic rings. The molecule has 0 radical (unpaired) electrons. The maximum absolute atomic E-state index is 12.6. The molecule has 0 atom stereocenters. The van der Waals surface area contributed by atoms with Gasteiger partial charge in [-0.2, -0.15) is 5.10 Å². The number of carbonyl (C=O) groups is 1. The Morgan fingerprint density at radius 1 is 1.00 bits per heavy atom. The van der Waals surface area contributed by atoms with Crippen LogP contribution in [0, 0.1) is 6.92 Å². The molecule has 2 aromatic heterocycles. The highest BCUT2D eigenvalue weighted by Gasteiger charge is 2.28. The number of hydrogen-bond acceptors (Lipinski definition) is 7. The minimum absolute atomic E-state index is 0.261. The van der Waals surface area contributed by atoms with Crippen LogP contribution in [0.4, 0.5) is 16.3 Å². The highest BCUT2D eigenvalue weighted by atomic mass is 16.6. The molecule has 0 aliphatic carbocycles. The van der Waals surface area contributed by atoms with E-state index in [1.165, 1.54) is 16.8 Å². The Kier molecular flexibility index (Phi) is 5.88. The number of carbonyl (C=O) groups excluding carboxylic acids is 1. The number of hydrogen-bond donors (Lipinski definition) is 1. The smallest absolute Gasteiger partial charge is 0.410 e. The van der Waals surface area contributed by atoms with Gasteiger partial charge >= 0.3 is 6.09 Å². The largest absolute Gasteiger partial charge is 0.445 e. The summed E-state index contributed by atoms with van der Waals surface area (Å²) >= 11 is 0. The van der Waals surface area contributed by atoms with Crippen LogP contribution in [0.25, 0.3) is 10.9 Å². The van der Waals surface area contributed by atoms with Crippen molar-refractivity contribution in [1.82, 2.24) is 25.1 Å². The first kappa shape index (κ1) is 22.3. The molecule has 0 unspecified atom stereocenters. The Labute approximate surface area is 209 Å². The number of aromatic nitrogens is 4. The van der Waals surface area contributed by atoms with E-state index in [0.29, 0.717) is 19.7 Å². The molecule has 1 fully saturated rings. The number of nitrogens with one attached hydrogen (secondary N) is 1. The van der Waals surface area contributed by atoms with Crippen LogP contribution in [0.2, 0.25) is 0 Å². The maximum atomic E-state index is 12.6. The average molecular weight is 484 g/mol. The van der Waals surface area contributed by atoms with Crippen LogP contribution in [0.3, 0.4) is 0 Å². The standard InChI is InChI=1S/C27H29N7O2/c1-19-7-8-23-22(15-30-31-23)25(19)34-10-9-21-24(16-34)28-18-29-26(21)32-11-13-33(14-12-32)27(35)36-17-20-5-3-2-4-6-20/h2-8,15,18H,9-14,16-17H2,1H3,(H,30,31). The predicted molar refractivity (Wildman–Crippen MR) is 138 cm³/mol. The summed E-state index contributed by atoms with van der Waals surface area (Å²) in [5, 5.41) is 8.46. The van der Waals surface area contributed by atoms with Crippen LogP contribution in [0.1, 0.15) is 22.4 Å². The lowest BCUT2D eigenvalue weighted by molar-refractivity contribution is 0.0941. The highest BCUT2D eigenvalue weighted by Crippen LogP contribution is 2.34. The molecular weight excluding hydrogens is 454 g/mol. The molecule has 9 nitrogen and oxygen atoms in total. The van der Waals surface area contributed by atoms with Crippen molar-refractivity contribution < 1.29 is 9.53 Å². The van der Waals surface area contributed by atoms with Crippen molar-refractivity contribution in [2.45, 2.75) is 26.5 Å². The monoisotopic (exact) mass is 483 g/mol. The molecule has 2 aromatic carbocycles. The normalized spacial score (nSPS) is 15.8. The van der Waals surface area contributed by atoms with E-state index < -0.39 is 0 Å². The first-order valence-corrected chi connectivity index (χ1v) is 12.4. The Morgan fingerprint density at radius 3 is 2.67 bits per heavy atom. The van der Waals surface area contributed by atoms with Crippen molar-refractivity contribution in [1.29, 1.82) is 0 Å². The summed E-state index contributed by atoms with van der Waals surface area (Å²) in [5.41, 5.74) is 6.77. The average Bonchev–Trinajstić information content (AvgIpc) is 3.40. The fourth-order valence-electron chi connectivity index (χ4n) is 5.24. The fraction of sp³-hybridized carbons (Fsp3) is 0.333. The molecule has 36 heavy (non-hydrogen) atoms. The summed E-state index contributed by atoms with van der Waals surface area (Å²) in [6, 6.07) is 14.0.